The highest BCUT2D eigenvalue weighted by Gasteiger charge is 2.55. The standard InChI is InChI=1S/C45H50N8O6S/c54-44(50-60(57,58)42-21-40(53(55)56)38(26-48-42)47-24-29-7-2-1-3-8-29)37-15-14-32(20-41(37)59-34-19-31-16-17-46-43(31)49-25-34)51-27-45(28-51)22-33(23-45)52-18-6-11-39(52)36-10-5-4-9-35(36)30-12-13-30/h4-5,9-10,14-17,19-21,25-26,29-30,33,39,47H,1-3,6-8,11-13,18,22-24,27-28H2,(H,46,49)(H,50,54). The lowest BCUT2D eigenvalue weighted by Crippen LogP contribution is -2.66. The monoisotopic (exact) mass is 830 g/mol. The molecule has 0 bridgehead atoms. The summed E-state index contributed by atoms with van der Waals surface area (Å²) in [7, 11) is -4.63. The van der Waals surface area contributed by atoms with Crippen molar-refractivity contribution in [3.63, 3.8) is 0 Å². The number of sulfonamides is 1. The zero-order valence-electron chi connectivity index (χ0n) is 33.5. The van der Waals surface area contributed by atoms with E-state index in [0.717, 1.165) is 87.4 Å². The van der Waals surface area contributed by atoms with Crippen LogP contribution in [0.3, 0.4) is 0 Å². The van der Waals surface area contributed by atoms with E-state index in [2.05, 4.69) is 59.1 Å². The highest BCUT2D eigenvalue weighted by atomic mass is 32.2. The Morgan fingerprint density at radius 2 is 1.73 bits per heavy atom. The average molecular weight is 831 g/mol. The summed E-state index contributed by atoms with van der Waals surface area (Å²) >= 11 is 0. The molecule has 15 heteroatoms. The number of rotatable bonds is 13. The molecule has 1 amide bonds. The van der Waals surface area contributed by atoms with Crippen LogP contribution >= 0.6 is 0 Å². The number of carbonyl (C=O) groups is 1. The molecule has 2 aliphatic heterocycles. The number of nitrogens with zero attached hydrogens (tertiary/aromatic N) is 5. The molecule has 60 heavy (non-hydrogen) atoms. The second-order valence-corrected chi connectivity index (χ2v) is 19.3. The van der Waals surface area contributed by atoms with E-state index in [-0.39, 0.29) is 22.4 Å². The summed E-state index contributed by atoms with van der Waals surface area (Å²) in [5.41, 5.74) is 4.54. The van der Waals surface area contributed by atoms with Crippen LogP contribution in [0.2, 0.25) is 0 Å². The number of fused-ring (bicyclic) bond motifs is 1. The lowest BCUT2D eigenvalue weighted by atomic mass is 9.60. The number of aromatic amines is 1. The van der Waals surface area contributed by atoms with Crippen LogP contribution in [0.5, 0.6) is 11.5 Å². The van der Waals surface area contributed by atoms with Gasteiger partial charge in [-0.05, 0) is 105 Å². The smallest absolute Gasteiger partial charge is 0.296 e. The third-order valence-corrected chi connectivity index (χ3v) is 14.8. The number of aromatic nitrogens is 3. The van der Waals surface area contributed by atoms with Crippen molar-refractivity contribution in [3.8, 4) is 11.5 Å². The molecule has 312 valence electrons. The van der Waals surface area contributed by atoms with Crippen LogP contribution in [0.4, 0.5) is 17.1 Å². The van der Waals surface area contributed by atoms with Gasteiger partial charge in [0.15, 0.2) is 5.03 Å². The molecule has 3 saturated carbocycles. The molecule has 2 saturated heterocycles. The number of carbonyl (C=O) groups excluding carboxylic acids is 1. The lowest BCUT2D eigenvalue weighted by molar-refractivity contribution is -0.384. The van der Waals surface area contributed by atoms with Gasteiger partial charge >= 0.3 is 0 Å². The van der Waals surface area contributed by atoms with Crippen LogP contribution < -0.4 is 19.7 Å². The minimum atomic E-state index is -4.63. The number of benzene rings is 2. The predicted octanol–water partition coefficient (Wildman–Crippen LogP) is 8.45. The van der Waals surface area contributed by atoms with Crippen LogP contribution in [0, 0.1) is 21.4 Å². The highest BCUT2D eigenvalue weighted by Crippen LogP contribution is 2.55. The first-order valence-electron chi connectivity index (χ1n) is 21.4. The fourth-order valence-corrected chi connectivity index (χ4v) is 11.3. The number of hydrogen-bond acceptors (Lipinski definition) is 11. The van der Waals surface area contributed by atoms with Crippen molar-refractivity contribution in [2.24, 2.45) is 11.3 Å². The van der Waals surface area contributed by atoms with Gasteiger partial charge in [-0.25, -0.2) is 14.7 Å². The minimum absolute atomic E-state index is 0.0257. The van der Waals surface area contributed by atoms with E-state index < -0.39 is 31.6 Å². The van der Waals surface area contributed by atoms with Gasteiger partial charge in [-0.2, -0.15) is 8.42 Å². The largest absolute Gasteiger partial charge is 0.455 e. The summed E-state index contributed by atoms with van der Waals surface area (Å²) in [4.78, 5) is 41.9. The molecule has 0 radical (unpaired) electrons. The van der Waals surface area contributed by atoms with Gasteiger partial charge in [-0.15, -0.1) is 0 Å². The number of nitrogens with one attached hydrogen (secondary N) is 3. The number of anilines is 2. The van der Waals surface area contributed by atoms with Crippen molar-refractivity contribution >= 4 is 44.0 Å². The zero-order chi connectivity index (χ0) is 41.0. The fraction of sp³-hybridized carbons (Fsp3) is 0.444. The lowest BCUT2D eigenvalue weighted by Gasteiger charge is -2.62. The molecule has 5 aromatic rings. The van der Waals surface area contributed by atoms with Gasteiger partial charge in [0.1, 0.15) is 22.8 Å². The Balaban J connectivity index is 0.850. The number of ether oxygens (including phenoxy) is 1. The van der Waals surface area contributed by atoms with E-state index in [1.54, 1.807) is 36.2 Å². The fourth-order valence-electron chi connectivity index (χ4n) is 10.3. The molecule has 3 aromatic heterocycles. The Morgan fingerprint density at radius 3 is 2.52 bits per heavy atom. The first kappa shape index (κ1) is 38.6. The van der Waals surface area contributed by atoms with E-state index in [0.29, 0.717) is 35.9 Å². The number of pyridine rings is 2. The summed E-state index contributed by atoms with van der Waals surface area (Å²) in [5.74, 6) is 0.679. The summed E-state index contributed by atoms with van der Waals surface area (Å²) in [5, 5.41) is 15.3. The predicted molar refractivity (Wildman–Crippen MR) is 228 cm³/mol. The van der Waals surface area contributed by atoms with Crippen molar-refractivity contribution in [3.05, 3.63) is 106 Å². The zero-order valence-corrected chi connectivity index (χ0v) is 34.3. The quantitative estimate of drug-likeness (QED) is 0.0767. The number of amides is 1. The van der Waals surface area contributed by atoms with Crippen LogP contribution in [0.25, 0.3) is 11.0 Å². The van der Waals surface area contributed by atoms with Crippen molar-refractivity contribution in [1.29, 1.82) is 0 Å². The molecule has 2 aromatic carbocycles. The first-order chi connectivity index (χ1) is 29.1. The molecule has 14 nitrogen and oxygen atoms in total. The van der Waals surface area contributed by atoms with Crippen LogP contribution in [-0.4, -0.2) is 71.3 Å². The van der Waals surface area contributed by atoms with E-state index in [9.17, 15) is 23.3 Å². The van der Waals surface area contributed by atoms with Crippen molar-refractivity contribution in [2.45, 2.75) is 93.7 Å². The Labute approximate surface area is 349 Å². The topological polar surface area (TPSA) is 176 Å². The highest BCUT2D eigenvalue weighted by molar-refractivity contribution is 7.90. The molecule has 1 unspecified atom stereocenters. The maximum Gasteiger partial charge on any atom is 0.296 e. The second kappa shape index (κ2) is 15.5. The third-order valence-electron chi connectivity index (χ3n) is 13.6. The molecule has 1 atom stereocenters. The summed E-state index contributed by atoms with van der Waals surface area (Å²) < 4.78 is 35.6. The van der Waals surface area contributed by atoms with Crippen LogP contribution in [0.1, 0.15) is 104 Å². The molecule has 3 aliphatic carbocycles. The molecule has 3 N–H and O–H groups in total. The van der Waals surface area contributed by atoms with E-state index >= 15 is 0 Å². The maximum absolute atomic E-state index is 13.9. The molecule has 1 spiro atoms. The summed E-state index contributed by atoms with van der Waals surface area (Å²) in [6.07, 6.45) is 17.3. The molecule has 5 fully saturated rings. The molecule has 5 aliphatic rings. The van der Waals surface area contributed by atoms with Crippen molar-refractivity contribution in [1.82, 2.24) is 24.6 Å². The van der Waals surface area contributed by atoms with E-state index in [4.69, 9.17) is 4.74 Å². The Hall–Kier alpha value is -5.54. The van der Waals surface area contributed by atoms with Gasteiger partial charge in [-0.3, -0.25) is 19.8 Å². The van der Waals surface area contributed by atoms with Gasteiger partial charge in [0, 0.05) is 60.5 Å². The van der Waals surface area contributed by atoms with E-state index in [1.165, 1.54) is 37.7 Å². The molecular formula is C45H50N8O6S. The van der Waals surface area contributed by atoms with Crippen molar-refractivity contribution in [2.75, 3.05) is 36.4 Å². The second-order valence-electron chi connectivity index (χ2n) is 17.7. The Bertz CT molecular complexity index is 2560. The van der Waals surface area contributed by atoms with Gasteiger partial charge in [0.05, 0.1) is 28.9 Å². The number of likely N-dealkylation sites (tertiary alicyclic amines) is 1. The van der Waals surface area contributed by atoms with Crippen LogP contribution in [0.15, 0.2) is 84.3 Å². The van der Waals surface area contributed by atoms with Gasteiger partial charge < -0.3 is 19.9 Å². The molecular weight excluding hydrogens is 781 g/mol. The third kappa shape index (κ3) is 7.57. The van der Waals surface area contributed by atoms with Gasteiger partial charge in [0.25, 0.3) is 21.6 Å². The Kier molecular flexibility index (Phi) is 9.98. The van der Waals surface area contributed by atoms with E-state index in [1.807, 2.05) is 12.1 Å². The first-order valence-corrected chi connectivity index (χ1v) is 22.9. The Morgan fingerprint density at radius 1 is 0.933 bits per heavy atom. The summed E-state index contributed by atoms with van der Waals surface area (Å²) in [6, 6.07) is 19.8. The number of hydrogen-bond donors (Lipinski definition) is 3. The SMILES string of the molecule is O=C(NS(=O)(=O)c1cc([N+](=O)[O-])c(NCC2CCCCC2)cn1)c1ccc(N2CC3(CC(N4CCCC4c4ccccc4C4CC4)C3)C2)cc1Oc1cnc2[nH]ccc2c1. The van der Waals surface area contributed by atoms with Crippen LogP contribution in [-0.2, 0) is 10.0 Å². The molecule has 5 heterocycles. The van der Waals surface area contributed by atoms with Gasteiger partial charge in [0.2, 0.25) is 0 Å². The summed E-state index contributed by atoms with van der Waals surface area (Å²) in [6.45, 7) is 3.44. The number of nitro groups is 1. The maximum atomic E-state index is 13.9. The van der Waals surface area contributed by atoms with Gasteiger partial charge in [-0.1, -0.05) is 43.5 Å². The molecule has 10 rings (SSSR count). The van der Waals surface area contributed by atoms with Crippen molar-refractivity contribution < 1.29 is 22.9 Å². The number of H-pyrrole nitrogens is 1. The normalized spacial score (nSPS) is 20.8. The average Bonchev–Trinajstić information content (AvgIpc) is 3.77. The minimum Gasteiger partial charge on any atom is -0.455 e.